The molecule has 2 heteroatoms. The Balaban J connectivity index is 0. The Labute approximate surface area is 50.6 Å². The molecule has 46 valence electrons. The van der Waals surface area contributed by atoms with Crippen molar-refractivity contribution in [1.82, 2.24) is 0 Å². The van der Waals surface area contributed by atoms with Crippen LogP contribution in [-0.2, 0) is 0 Å². The molecule has 0 saturated carbocycles. The summed E-state index contributed by atoms with van der Waals surface area (Å²) in [7, 11) is 1.46. The van der Waals surface area contributed by atoms with Crippen LogP contribution in [-0.4, -0.2) is 33.3 Å². The van der Waals surface area contributed by atoms with Gasteiger partial charge < -0.3 is 0 Å². The van der Waals surface area contributed by atoms with Crippen LogP contribution in [0.15, 0.2) is 0 Å². The Morgan fingerprint density at radius 3 is 1.00 bits per heavy atom. The van der Waals surface area contributed by atoms with E-state index in [4.69, 9.17) is 0 Å². The summed E-state index contributed by atoms with van der Waals surface area (Å²) < 4.78 is 0. The van der Waals surface area contributed by atoms with E-state index >= 15 is 0 Å². The third-order valence-corrected chi connectivity index (χ3v) is 0. The van der Waals surface area contributed by atoms with Gasteiger partial charge in [-0.2, -0.15) is 0 Å². The summed E-state index contributed by atoms with van der Waals surface area (Å²) in [5.41, 5.74) is 0. The minimum Gasteiger partial charge on any atom is -0.129 e. The summed E-state index contributed by atoms with van der Waals surface area (Å²) in [6.45, 7) is 11.0. The molecule has 0 aromatic carbocycles. The van der Waals surface area contributed by atoms with Crippen LogP contribution >= 0.6 is 16.5 Å². The van der Waals surface area contributed by atoms with E-state index in [0.717, 1.165) is 8.58 Å². The van der Waals surface area contributed by atoms with Crippen molar-refractivity contribution in [3.05, 3.63) is 0 Å². The molecule has 0 nitrogen and oxygen atoms in total. The van der Waals surface area contributed by atoms with Crippen LogP contribution in [0.25, 0.3) is 0 Å². The Hall–Kier alpha value is 0.860. The van der Waals surface area contributed by atoms with Crippen molar-refractivity contribution in [2.24, 2.45) is 0 Å². The van der Waals surface area contributed by atoms with Gasteiger partial charge in [0.25, 0.3) is 0 Å². The quantitative estimate of drug-likeness (QED) is 0.450. The first-order valence-corrected chi connectivity index (χ1v) is 7.02. The number of rotatable bonds is 0. The van der Waals surface area contributed by atoms with Gasteiger partial charge in [0.15, 0.2) is 0 Å². The molecule has 0 unspecified atom stereocenters. The van der Waals surface area contributed by atoms with E-state index in [2.05, 4.69) is 33.3 Å². The summed E-state index contributed by atoms with van der Waals surface area (Å²) in [6.07, 6.45) is 0. The van der Waals surface area contributed by atoms with Crippen LogP contribution < -0.4 is 0 Å². The van der Waals surface area contributed by atoms with E-state index in [-0.39, 0.29) is 0 Å². The first-order chi connectivity index (χ1) is 3.15. The van der Waals surface area contributed by atoms with Gasteiger partial charge in [-0.1, -0.05) is 0 Å². The Morgan fingerprint density at radius 1 is 1.00 bits per heavy atom. The molecule has 0 N–H and O–H groups in total. The van der Waals surface area contributed by atoms with E-state index < -0.39 is 0 Å². The third-order valence-electron chi connectivity index (χ3n) is 0. The maximum Gasteiger partial charge on any atom is -0.0449 e. The lowest BCUT2D eigenvalue weighted by molar-refractivity contribution is 2.13. The summed E-state index contributed by atoms with van der Waals surface area (Å²) in [5, 5.41) is 0. The molecule has 0 aliphatic heterocycles. The molecule has 0 rings (SSSR count). The fourth-order valence-electron chi connectivity index (χ4n) is 0. The standard InChI is InChI=1S/C3H9P.C2H7P/c1-4(2)3;1-3-2/h1-3H3;3H,1-2H3. The lowest BCUT2D eigenvalue weighted by Crippen LogP contribution is -1.48. The predicted octanol–water partition coefficient (Wildman–Crippen LogP) is 2.28. The lowest BCUT2D eigenvalue weighted by atomic mass is 11.9. The van der Waals surface area contributed by atoms with E-state index in [1.165, 1.54) is 0 Å². The zero-order chi connectivity index (χ0) is 6.28. The highest BCUT2D eigenvalue weighted by Gasteiger charge is 1.65. The summed E-state index contributed by atoms with van der Waals surface area (Å²) in [6, 6.07) is 0. The molecule has 0 aromatic rings. The van der Waals surface area contributed by atoms with Gasteiger partial charge in [0.1, 0.15) is 0 Å². The van der Waals surface area contributed by atoms with Crippen LogP contribution in [0.4, 0.5) is 0 Å². The van der Waals surface area contributed by atoms with E-state index in [9.17, 15) is 0 Å². The monoisotopic (exact) mass is 138 g/mol. The second kappa shape index (κ2) is 9.97. The summed E-state index contributed by atoms with van der Waals surface area (Å²) in [5.74, 6) is 0. The van der Waals surface area contributed by atoms with Gasteiger partial charge in [0.2, 0.25) is 0 Å². The van der Waals surface area contributed by atoms with Gasteiger partial charge in [-0.25, -0.2) is 0 Å². The van der Waals surface area contributed by atoms with E-state index in [1.807, 2.05) is 0 Å². The normalized spacial score (nSPS) is 7.71. The van der Waals surface area contributed by atoms with Gasteiger partial charge in [0.05, 0.1) is 0 Å². The molecule has 0 saturated heterocycles. The first kappa shape index (κ1) is 10.8. The average Bonchev–Trinajstić information content (AvgIpc) is 1.33. The zero-order valence-electron chi connectivity index (χ0n) is 5.95. The van der Waals surface area contributed by atoms with Crippen LogP contribution in [0.2, 0.25) is 0 Å². The van der Waals surface area contributed by atoms with E-state index in [0.29, 0.717) is 7.92 Å². The summed E-state index contributed by atoms with van der Waals surface area (Å²) >= 11 is 0. The highest BCUT2D eigenvalue weighted by molar-refractivity contribution is 7.55. The fourth-order valence-corrected chi connectivity index (χ4v) is 0. The molecule has 0 bridgehead atoms. The van der Waals surface area contributed by atoms with E-state index in [1.54, 1.807) is 0 Å². The smallest absolute Gasteiger partial charge is 0.0449 e. The minimum absolute atomic E-state index is 0.380. The topological polar surface area (TPSA) is 0 Å². The predicted molar refractivity (Wildman–Crippen MR) is 44.9 cm³/mol. The third kappa shape index (κ3) is 219. The minimum atomic E-state index is 0.380. The molecule has 0 radical (unpaired) electrons. The molecule has 0 spiro atoms. The average molecular weight is 138 g/mol. The highest BCUT2D eigenvalue weighted by Crippen LogP contribution is 2.14. The van der Waals surface area contributed by atoms with Crippen molar-refractivity contribution >= 4 is 16.5 Å². The first-order valence-electron chi connectivity index (χ1n) is 2.34. The van der Waals surface area contributed by atoms with Crippen molar-refractivity contribution in [1.29, 1.82) is 0 Å². The summed E-state index contributed by atoms with van der Waals surface area (Å²) in [4.78, 5) is 0. The van der Waals surface area contributed by atoms with Gasteiger partial charge in [-0.3, -0.25) is 0 Å². The van der Waals surface area contributed by atoms with Crippen LogP contribution in [0.3, 0.4) is 0 Å². The molecule has 0 aliphatic rings. The van der Waals surface area contributed by atoms with Gasteiger partial charge >= 0.3 is 0 Å². The fraction of sp³-hybridized carbons (Fsp3) is 1.00. The molecule has 0 atom stereocenters. The zero-order valence-corrected chi connectivity index (χ0v) is 7.84. The Kier molecular flexibility index (Phi) is 15.3. The van der Waals surface area contributed by atoms with Gasteiger partial charge in [0, 0.05) is 0 Å². The number of hydrogen-bond acceptors (Lipinski definition) is 0. The molecule has 0 aliphatic carbocycles. The van der Waals surface area contributed by atoms with Crippen LogP contribution in [0.5, 0.6) is 0 Å². The second-order valence-electron chi connectivity index (χ2n) is 1.84. The Bertz CT molecular complexity index is 17.3. The van der Waals surface area contributed by atoms with Crippen molar-refractivity contribution < 1.29 is 0 Å². The number of hydrogen-bond donors (Lipinski definition) is 0. The van der Waals surface area contributed by atoms with Crippen molar-refractivity contribution in [3.8, 4) is 0 Å². The Morgan fingerprint density at radius 2 is 1.00 bits per heavy atom. The molecule has 0 heterocycles. The van der Waals surface area contributed by atoms with Crippen molar-refractivity contribution in [2.75, 3.05) is 33.3 Å². The largest absolute Gasteiger partial charge is 0.129 e. The van der Waals surface area contributed by atoms with Gasteiger partial charge in [-0.15, -0.1) is 16.5 Å². The SMILES string of the molecule is CP(C)C.CPC. The molecule has 0 fully saturated rings. The van der Waals surface area contributed by atoms with Gasteiger partial charge in [-0.05, 0) is 33.3 Å². The maximum atomic E-state index is 2.23. The molecular weight excluding hydrogens is 122 g/mol. The van der Waals surface area contributed by atoms with Crippen LogP contribution in [0.1, 0.15) is 0 Å². The highest BCUT2D eigenvalue weighted by atomic mass is 31.1. The van der Waals surface area contributed by atoms with Crippen molar-refractivity contribution in [2.45, 2.75) is 0 Å². The molecular formula is C5H16P2. The lowest BCUT2D eigenvalue weighted by Gasteiger charge is -1.81. The van der Waals surface area contributed by atoms with Crippen molar-refractivity contribution in [3.63, 3.8) is 0 Å². The molecule has 7 heavy (non-hydrogen) atoms. The molecule has 0 amide bonds. The van der Waals surface area contributed by atoms with Crippen LogP contribution in [0, 0.1) is 0 Å². The second-order valence-corrected chi connectivity index (χ2v) is 5.52. The maximum absolute atomic E-state index is 2.23. The molecule has 0 aromatic heterocycles.